The first-order valence-electron chi connectivity index (χ1n) is 10.5. The van der Waals surface area contributed by atoms with E-state index in [1.165, 1.54) is 11.9 Å². The third-order valence-electron chi connectivity index (χ3n) is 6.11. The molecule has 1 unspecified atom stereocenters. The molecular weight excluding hydrogens is 420 g/mol. The summed E-state index contributed by atoms with van der Waals surface area (Å²) in [6, 6.07) is 22.0. The fourth-order valence-electron chi connectivity index (χ4n) is 4.33. The topological polar surface area (TPSA) is 110 Å². The van der Waals surface area contributed by atoms with Crippen molar-refractivity contribution in [2.75, 3.05) is 18.5 Å². The number of anilines is 1. The van der Waals surface area contributed by atoms with E-state index in [0.717, 1.165) is 10.5 Å². The Balaban J connectivity index is 1.58. The number of imidazole rings is 1. The molecule has 0 bridgehead atoms. The molecule has 0 saturated heterocycles. The van der Waals surface area contributed by atoms with Gasteiger partial charge in [0.1, 0.15) is 0 Å². The highest BCUT2D eigenvalue weighted by atomic mass is 16.4. The average Bonchev–Trinajstić information content (AvgIpc) is 3.35. The maximum absolute atomic E-state index is 13.3. The number of hydrogen-bond donors (Lipinski definition) is 3. The van der Waals surface area contributed by atoms with E-state index in [9.17, 15) is 19.8 Å². The standard InChI is InChI=1S/C25H22N4O4/c1-28(24(31)32)23-26-20-12-11-17(15-21(20)27-23)25(33)19-10-6-5-9-18(19)22(30)29(25)14-13-16-7-3-2-4-8-16/h2-12,15,33H,13-14H2,1H3,(H,26,27)(H,31,32). The van der Waals surface area contributed by atoms with Gasteiger partial charge in [0.15, 0.2) is 5.72 Å². The molecule has 3 N–H and O–H groups in total. The maximum atomic E-state index is 13.3. The molecule has 1 aliphatic rings. The smallest absolute Gasteiger partial charge is 0.413 e. The van der Waals surface area contributed by atoms with E-state index in [2.05, 4.69) is 9.97 Å². The molecule has 2 amide bonds. The van der Waals surface area contributed by atoms with Gasteiger partial charge in [-0.3, -0.25) is 9.69 Å². The van der Waals surface area contributed by atoms with Crippen LogP contribution in [0.2, 0.25) is 0 Å². The van der Waals surface area contributed by atoms with Crippen molar-refractivity contribution in [2.24, 2.45) is 0 Å². The van der Waals surface area contributed by atoms with E-state index in [1.807, 2.05) is 30.3 Å². The quantitative estimate of drug-likeness (QED) is 0.438. The first-order valence-corrected chi connectivity index (χ1v) is 10.5. The van der Waals surface area contributed by atoms with Crippen molar-refractivity contribution in [2.45, 2.75) is 12.1 Å². The highest BCUT2D eigenvalue weighted by Gasteiger charge is 2.49. The third kappa shape index (κ3) is 3.32. The number of aliphatic hydroxyl groups is 1. The average molecular weight is 442 g/mol. The van der Waals surface area contributed by atoms with E-state index < -0.39 is 11.8 Å². The Morgan fingerprint density at radius 3 is 2.58 bits per heavy atom. The van der Waals surface area contributed by atoms with Crippen molar-refractivity contribution in [1.29, 1.82) is 0 Å². The predicted molar refractivity (Wildman–Crippen MR) is 123 cm³/mol. The second-order valence-corrected chi connectivity index (χ2v) is 8.04. The van der Waals surface area contributed by atoms with Gasteiger partial charge >= 0.3 is 6.09 Å². The zero-order valence-electron chi connectivity index (χ0n) is 17.9. The Morgan fingerprint density at radius 1 is 1.09 bits per heavy atom. The summed E-state index contributed by atoms with van der Waals surface area (Å²) in [4.78, 5) is 34.4. The number of rotatable bonds is 5. The van der Waals surface area contributed by atoms with E-state index in [1.54, 1.807) is 42.5 Å². The van der Waals surface area contributed by atoms with E-state index in [4.69, 9.17) is 0 Å². The molecule has 0 radical (unpaired) electrons. The molecule has 1 aliphatic heterocycles. The Kier molecular flexibility index (Phi) is 4.87. The Labute approximate surface area is 189 Å². The van der Waals surface area contributed by atoms with Crippen LogP contribution in [0.3, 0.4) is 0 Å². The summed E-state index contributed by atoms with van der Waals surface area (Å²) >= 11 is 0. The molecule has 0 fully saturated rings. The van der Waals surface area contributed by atoms with Gasteiger partial charge in [-0.2, -0.15) is 0 Å². The number of carboxylic acid groups (broad SMARTS) is 1. The molecule has 8 heteroatoms. The Bertz CT molecular complexity index is 1370. The summed E-state index contributed by atoms with van der Waals surface area (Å²) in [6.45, 7) is 0.319. The van der Waals surface area contributed by atoms with Crippen LogP contribution in [0.25, 0.3) is 11.0 Å². The fraction of sp³-hybridized carbons (Fsp3) is 0.160. The van der Waals surface area contributed by atoms with Gasteiger partial charge in [-0.05, 0) is 30.2 Å². The van der Waals surface area contributed by atoms with Gasteiger partial charge in [0.25, 0.3) is 5.91 Å². The Hall–Kier alpha value is -4.17. The van der Waals surface area contributed by atoms with Gasteiger partial charge in [-0.15, -0.1) is 0 Å². The van der Waals surface area contributed by atoms with Gasteiger partial charge in [0, 0.05) is 30.3 Å². The largest absolute Gasteiger partial charge is 0.465 e. The van der Waals surface area contributed by atoms with Gasteiger partial charge < -0.3 is 20.1 Å². The monoisotopic (exact) mass is 442 g/mol. The van der Waals surface area contributed by atoms with Crippen LogP contribution in [0.5, 0.6) is 0 Å². The fourth-order valence-corrected chi connectivity index (χ4v) is 4.33. The summed E-state index contributed by atoms with van der Waals surface area (Å²) < 4.78 is 0. The SMILES string of the molecule is CN(C(=O)O)c1nc2cc(C3(O)c4ccccc4C(=O)N3CCc3ccccc3)ccc2[nH]1. The number of benzene rings is 3. The van der Waals surface area contributed by atoms with Crippen LogP contribution in [0.4, 0.5) is 10.7 Å². The van der Waals surface area contributed by atoms with Crippen molar-refractivity contribution in [3.8, 4) is 0 Å². The summed E-state index contributed by atoms with van der Waals surface area (Å²) in [5.74, 6) is -0.0667. The highest BCUT2D eigenvalue weighted by Crippen LogP contribution is 2.42. The molecule has 1 aromatic heterocycles. The molecule has 5 rings (SSSR count). The number of hydrogen-bond acceptors (Lipinski definition) is 4. The number of amides is 2. The number of aromatic nitrogens is 2. The van der Waals surface area contributed by atoms with Crippen LogP contribution in [-0.4, -0.2) is 50.7 Å². The molecule has 8 nitrogen and oxygen atoms in total. The second kappa shape index (κ2) is 7.75. The highest BCUT2D eigenvalue weighted by molar-refractivity contribution is 6.00. The Morgan fingerprint density at radius 2 is 1.82 bits per heavy atom. The van der Waals surface area contributed by atoms with Crippen LogP contribution in [0.15, 0.2) is 72.8 Å². The molecule has 0 spiro atoms. The van der Waals surface area contributed by atoms with Crippen LogP contribution >= 0.6 is 0 Å². The third-order valence-corrected chi connectivity index (χ3v) is 6.11. The van der Waals surface area contributed by atoms with E-state index in [-0.39, 0.29) is 11.9 Å². The minimum absolute atomic E-state index is 0.172. The minimum atomic E-state index is -1.67. The van der Waals surface area contributed by atoms with Gasteiger partial charge in [0.05, 0.1) is 11.0 Å². The second-order valence-electron chi connectivity index (χ2n) is 8.04. The minimum Gasteiger partial charge on any atom is -0.465 e. The molecule has 4 aromatic rings. The molecule has 33 heavy (non-hydrogen) atoms. The van der Waals surface area contributed by atoms with Crippen molar-refractivity contribution >= 4 is 29.0 Å². The zero-order chi connectivity index (χ0) is 23.2. The lowest BCUT2D eigenvalue weighted by atomic mass is 9.93. The van der Waals surface area contributed by atoms with Crippen molar-refractivity contribution in [3.63, 3.8) is 0 Å². The molecule has 0 saturated carbocycles. The molecule has 1 atom stereocenters. The first kappa shape index (κ1) is 20.7. The van der Waals surface area contributed by atoms with Crippen molar-refractivity contribution in [3.05, 3.63) is 95.1 Å². The van der Waals surface area contributed by atoms with Gasteiger partial charge in [0.2, 0.25) is 5.95 Å². The number of aromatic amines is 1. The van der Waals surface area contributed by atoms with Gasteiger partial charge in [-0.25, -0.2) is 9.78 Å². The molecule has 2 heterocycles. The number of carbonyl (C=O) groups excluding carboxylic acids is 1. The first-order chi connectivity index (χ1) is 15.9. The van der Waals surface area contributed by atoms with Crippen LogP contribution in [0, 0.1) is 0 Å². The van der Waals surface area contributed by atoms with Crippen molar-refractivity contribution in [1.82, 2.24) is 14.9 Å². The molecule has 0 aliphatic carbocycles. The molecule has 3 aromatic carbocycles. The van der Waals surface area contributed by atoms with E-state index >= 15 is 0 Å². The normalized spacial score (nSPS) is 17.4. The lowest BCUT2D eigenvalue weighted by Crippen LogP contribution is -2.45. The van der Waals surface area contributed by atoms with Crippen LogP contribution < -0.4 is 4.90 Å². The van der Waals surface area contributed by atoms with E-state index in [0.29, 0.717) is 40.7 Å². The maximum Gasteiger partial charge on any atom is 0.413 e. The predicted octanol–water partition coefficient (Wildman–Crippen LogP) is 3.57. The number of nitrogens with one attached hydrogen (secondary N) is 1. The number of nitrogens with zero attached hydrogens (tertiary/aromatic N) is 3. The summed E-state index contributed by atoms with van der Waals surface area (Å²) in [6.07, 6.45) is -0.559. The van der Waals surface area contributed by atoms with Gasteiger partial charge in [-0.1, -0.05) is 54.6 Å². The van der Waals surface area contributed by atoms with Crippen LogP contribution in [-0.2, 0) is 12.1 Å². The summed E-state index contributed by atoms with van der Waals surface area (Å²) in [5, 5.41) is 21.3. The van der Waals surface area contributed by atoms with Crippen molar-refractivity contribution < 1.29 is 19.8 Å². The number of fused-ring (bicyclic) bond motifs is 2. The summed E-state index contributed by atoms with van der Waals surface area (Å²) in [7, 11) is 1.39. The lowest BCUT2D eigenvalue weighted by molar-refractivity contribution is -0.0493. The lowest BCUT2D eigenvalue weighted by Gasteiger charge is -2.35. The van der Waals surface area contributed by atoms with Crippen LogP contribution in [0.1, 0.15) is 27.0 Å². The number of H-pyrrole nitrogens is 1. The summed E-state index contributed by atoms with van der Waals surface area (Å²) in [5.41, 5.74) is 1.96. The zero-order valence-corrected chi connectivity index (χ0v) is 17.9. The number of carbonyl (C=O) groups is 2. The molecule has 166 valence electrons. The molecular formula is C25H22N4O4.